The molecule has 3 rings (SSSR count). The average molecular weight is 295 g/mol. The lowest BCUT2D eigenvalue weighted by molar-refractivity contribution is -0.0121. The lowest BCUT2D eigenvalue weighted by Gasteiger charge is -2.44. The van der Waals surface area contributed by atoms with Crippen LogP contribution in [0.3, 0.4) is 0 Å². The van der Waals surface area contributed by atoms with Crippen molar-refractivity contribution in [2.45, 2.75) is 50.6 Å². The number of nitrogens with zero attached hydrogens (tertiary/aromatic N) is 2. The zero-order valence-electron chi connectivity index (χ0n) is 13.9. The van der Waals surface area contributed by atoms with E-state index in [4.69, 9.17) is 4.74 Å². The summed E-state index contributed by atoms with van der Waals surface area (Å²) in [5, 5.41) is 3.79. The van der Waals surface area contributed by atoms with Crippen LogP contribution in [0.25, 0.3) is 0 Å². The van der Waals surface area contributed by atoms with Gasteiger partial charge in [-0.3, -0.25) is 0 Å². The van der Waals surface area contributed by atoms with Gasteiger partial charge in [0, 0.05) is 44.9 Å². The second kappa shape index (κ2) is 6.95. The number of ether oxygens (including phenoxy) is 1. The maximum Gasteiger partial charge on any atom is 0.0472 e. The molecule has 4 heteroatoms. The van der Waals surface area contributed by atoms with Gasteiger partial charge < -0.3 is 19.9 Å². The maximum absolute atomic E-state index is 5.64. The number of piperidine rings is 1. The Labute approximate surface area is 130 Å². The first kappa shape index (κ1) is 15.7. The van der Waals surface area contributed by atoms with Gasteiger partial charge in [-0.2, -0.15) is 0 Å². The molecule has 0 aromatic heterocycles. The van der Waals surface area contributed by atoms with E-state index in [-0.39, 0.29) is 0 Å². The molecule has 1 unspecified atom stereocenters. The van der Waals surface area contributed by atoms with Gasteiger partial charge in [0.25, 0.3) is 0 Å². The van der Waals surface area contributed by atoms with Crippen LogP contribution in [-0.4, -0.2) is 75.4 Å². The highest BCUT2D eigenvalue weighted by atomic mass is 16.5. The Morgan fingerprint density at radius 2 is 2.00 bits per heavy atom. The van der Waals surface area contributed by atoms with Crippen molar-refractivity contribution in [3.8, 4) is 0 Å². The molecule has 2 aliphatic heterocycles. The summed E-state index contributed by atoms with van der Waals surface area (Å²) in [6.45, 7) is 6.82. The summed E-state index contributed by atoms with van der Waals surface area (Å²) in [6.07, 6.45) is 7.93. The van der Waals surface area contributed by atoms with Crippen molar-refractivity contribution < 1.29 is 4.74 Å². The Hall–Kier alpha value is -0.160. The lowest BCUT2D eigenvalue weighted by Crippen LogP contribution is -2.52. The van der Waals surface area contributed by atoms with Crippen LogP contribution in [0.2, 0.25) is 0 Å². The molecule has 3 fully saturated rings. The van der Waals surface area contributed by atoms with E-state index in [0.717, 1.165) is 25.3 Å². The normalized spacial score (nSPS) is 30.7. The first-order valence-corrected chi connectivity index (χ1v) is 8.87. The summed E-state index contributed by atoms with van der Waals surface area (Å²) in [5.74, 6) is 0. The monoisotopic (exact) mass is 295 g/mol. The van der Waals surface area contributed by atoms with Crippen LogP contribution in [-0.2, 0) is 4.74 Å². The van der Waals surface area contributed by atoms with Crippen molar-refractivity contribution in [1.29, 1.82) is 0 Å². The number of hydrogen-bond acceptors (Lipinski definition) is 4. The number of nitrogens with one attached hydrogen (secondary N) is 1. The smallest absolute Gasteiger partial charge is 0.0472 e. The molecule has 0 spiro atoms. The van der Waals surface area contributed by atoms with E-state index in [1.165, 1.54) is 64.7 Å². The molecule has 1 N–H and O–H groups in total. The van der Waals surface area contributed by atoms with Crippen LogP contribution in [0.15, 0.2) is 0 Å². The molecule has 0 radical (unpaired) electrons. The van der Waals surface area contributed by atoms with Gasteiger partial charge in [0.05, 0.1) is 0 Å². The molecule has 4 nitrogen and oxygen atoms in total. The van der Waals surface area contributed by atoms with Gasteiger partial charge in [-0.25, -0.2) is 0 Å². The van der Waals surface area contributed by atoms with E-state index in [2.05, 4.69) is 29.2 Å². The topological polar surface area (TPSA) is 27.7 Å². The van der Waals surface area contributed by atoms with Gasteiger partial charge in [-0.05, 0) is 64.6 Å². The minimum Gasteiger partial charge on any atom is -0.381 e. The highest BCUT2D eigenvalue weighted by Crippen LogP contribution is 2.33. The summed E-state index contributed by atoms with van der Waals surface area (Å²) < 4.78 is 5.64. The van der Waals surface area contributed by atoms with E-state index in [1.54, 1.807) is 0 Å². The predicted octanol–water partition coefficient (Wildman–Crippen LogP) is 1.56. The molecule has 1 aliphatic carbocycles. The van der Waals surface area contributed by atoms with Crippen molar-refractivity contribution in [1.82, 2.24) is 15.1 Å². The van der Waals surface area contributed by atoms with E-state index in [9.17, 15) is 0 Å². The SMILES string of the molecule is CN1CCCC(N(C)CC2(CNC3CC3)CCOCC2)C1. The molecule has 0 aromatic rings. The van der Waals surface area contributed by atoms with Gasteiger partial charge >= 0.3 is 0 Å². The van der Waals surface area contributed by atoms with Gasteiger partial charge in [0.1, 0.15) is 0 Å². The molecule has 1 atom stereocenters. The molecule has 0 bridgehead atoms. The minimum absolute atomic E-state index is 0.436. The summed E-state index contributed by atoms with van der Waals surface area (Å²) in [4.78, 5) is 5.14. The fraction of sp³-hybridized carbons (Fsp3) is 1.00. The highest BCUT2D eigenvalue weighted by Gasteiger charge is 2.37. The van der Waals surface area contributed by atoms with Crippen molar-refractivity contribution in [3.05, 3.63) is 0 Å². The first-order chi connectivity index (χ1) is 10.2. The second-order valence-corrected chi connectivity index (χ2v) is 7.74. The third-order valence-corrected chi connectivity index (χ3v) is 5.70. The van der Waals surface area contributed by atoms with Gasteiger partial charge in [0.15, 0.2) is 0 Å². The highest BCUT2D eigenvalue weighted by molar-refractivity contribution is 4.92. The molecule has 0 aromatic carbocycles. The van der Waals surface area contributed by atoms with E-state index < -0.39 is 0 Å². The maximum atomic E-state index is 5.64. The Balaban J connectivity index is 1.56. The predicted molar refractivity (Wildman–Crippen MR) is 86.7 cm³/mol. The molecule has 1 saturated carbocycles. The number of likely N-dealkylation sites (tertiary alicyclic amines) is 1. The number of likely N-dealkylation sites (N-methyl/N-ethyl adjacent to an activating group) is 2. The summed E-state index contributed by atoms with van der Waals surface area (Å²) in [5.41, 5.74) is 0.436. The van der Waals surface area contributed by atoms with E-state index in [1.807, 2.05) is 0 Å². The standard InChI is InChI=1S/C17H33N3O/c1-19-9-3-4-16(12-19)20(2)14-17(7-10-21-11-8-17)13-18-15-5-6-15/h15-16,18H,3-14H2,1-2H3. The zero-order valence-corrected chi connectivity index (χ0v) is 13.9. The zero-order chi connectivity index (χ0) is 14.7. The third kappa shape index (κ3) is 4.41. The Morgan fingerprint density at radius 1 is 1.24 bits per heavy atom. The van der Waals surface area contributed by atoms with Gasteiger partial charge in [-0.15, -0.1) is 0 Å². The van der Waals surface area contributed by atoms with Crippen LogP contribution < -0.4 is 5.32 Å². The molecule has 0 amide bonds. The molecular formula is C17H33N3O. The Bertz CT molecular complexity index is 326. The van der Waals surface area contributed by atoms with Crippen molar-refractivity contribution in [2.75, 3.05) is 53.5 Å². The number of rotatable bonds is 6. The molecular weight excluding hydrogens is 262 g/mol. The van der Waals surface area contributed by atoms with Crippen LogP contribution in [0.1, 0.15) is 38.5 Å². The summed E-state index contributed by atoms with van der Waals surface area (Å²) in [7, 11) is 4.61. The van der Waals surface area contributed by atoms with Crippen molar-refractivity contribution in [2.24, 2.45) is 5.41 Å². The first-order valence-electron chi connectivity index (χ1n) is 8.87. The number of hydrogen-bond donors (Lipinski definition) is 1. The summed E-state index contributed by atoms with van der Waals surface area (Å²) in [6, 6.07) is 1.56. The van der Waals surface area contributed by atoms with E-state index >= 15 is 0 Å². The summed E-state index contributed by atoms with van der Waals surface area (Å²) >= 11 is 0. The lowest BCUT2D eigenvalue weighted by atomic mass is 9.79. The molecule has 3 aliphatic rings. The van der Waals surface area contributed by atoms with Crippen LogP contribution in [0.4, 0.5) is 0 Å². The molecule has 21 heavy (non-hydrogen) atoms. The van der Waals surface area contributed by atoms with Crippen molar-refractivity contribution >= 4 is 0 Å². The quantitative estimate of drug-likeness (QED) is 0.805. The fourth-order valence-electron chi connectivity index (χ4n) is 4.00. The molecule has 2 saturated heterocycles. The van der Waals surface area contributed by atoms with Crippen LogP contribution >= 0.6 is 0 Å². The van der Waals surface area contributed by atoms with Crippen LogP contribution in [0.5, 0.6) is 0 Å². The van der Waals surface area contributed by atoms with Crippen LogP contribution in [0, 0.1) is 5.41 Å². The van der Waals surface area contributed by atoms with E-state index in [0.29, 0.717) is 5.41 Å². The average Bonchev–Trinajstić information content (AvgIpc) is 3.30. The van der Waals surface area contributed by atoms with Crippen molar-refractivity contribution in [3.63, 3.8) is 0 Å². The third-order valence-electron chi connectivity index (χ3n) is 5.70. The molecule has 2 heterocycles. The molecule has 122 valence electrons. The largest absolute Gasteiger partial charge is 0.381 e. The Morgan fingerprint density at radius 3 is 2.67 bits per heavy atom. The fourth-order valence-corrected chi connectivity index (χ4v) is 4.00. The Kier molecular flexibility index (Phi) is 5.20. The minimum atomic E-state index is 0.436. The second-order valence-electron chi connectivity index (χ2n) is 7.74. The van der Waals surface area contributed by atoms with Gasteiger partial charge in [0.2, 0.25) is 0 Å². The van der Waals surface area contributed by atoms with Gasteiger partial charge in [-0.1, -0.05) is 0 Å².